The number of rotatable bonds is 6. The van der Waals surface area contributed by atoms with Crippen LogP contribution < -0.4 is 4.74 Å². The Bertz CT molecular complexity index is 864. The molecule has 1 aliphatic heterocycles. The maximum atomic E-state index is 10.9. The Hall–Kier alpha value is -2.20. The van der Waals surface area contributed by atoms with Crippen molar-refractivity contribution in [3.63, 3.8) is 0 Å². The highest BCUT2D eigenvalue weighted by atomic mass is 35.5. The highest BCUT2D eigenvalue weighted by Gasteiger charge is 2.32. The van der Waals surface area contributed by atoms with Crippen LogP contribution in [0.15, 0.2) is 47.8 Å². The molecule has 29 heavy (non-hydrogen) atoms. The van der Waals surface area contributed by atoms with Gasteiger partial charge in [0.25, 0.3) is 0 Å². The third-order valence-corrected chi connectivity index (χ3v) is 5.51. The second-order valence-electron chi connectivity index (χ2n) is 8.44. The van der Waals surface area contributed by atoms with E-state index < -0.39 is 5.97 Å². The lowest BCUT2D eigenvalue weighted by Gasteiger charge is -2.19. The quantitative estimate of drug-likeness (QED) is 0.584. The Kier molecular flexibility index (Phi) is 6.74. The van der Waals surface area contributed by atoms with Crippen molar-refractivity contribution >= 4 is 17.6 Å². The summed E-state index contributed by atoms with van der Waals surface area (Å²) in [6.45, 7) is 8.67. The Morgan fingerprint density at radius 2 is 2.03 bits per heavy atom. The smallest absolute Gasteiger partial charge is 0.303 e. The summed E-state index contributed by atoms with van der Waals surface area (Å²) in [5.41, 5.74) is 3.89. The van der Waals surface area contributed by atoms with Gasteiger partial charge in [0.05, 0.1) is 0 Å². The van der Waals surface area contributed by atoms with Crippen LogP contribution in [0.25, 0.3) is 0 Å². The molecule has 1 aromatic carbocycles. The molecule has 0 amide bonds. The molecule has 0 saturated heterocycles. The fourth-order valence-corrected chi connectivity index (χ4v) is 4.11. The monoisotopic (exact) mass is 416 g/mol. The van der Waals surface area contributed by atoms with Crippen LogP contribution in [-0.2, 0) is 22.6 Å². The van der Waals surface area contributed by atoms with Gasteiger partial charge in [-0.25, -0.2) is 0 Å². The van der Waals surface area contributed by atoms with Crippen LogP contribution in [0.3, 0.4) is 0 Å². The number of hydrogen-bond donors (Lipinski definition) is 1. The summed E-state index contributed by atoms with van der Waals surface area (Å²) in [5, 5.41) is 9.64. The van der Waals surface area contributed by atoms with Crippen molar-refractivity contribution in [1.29, 1.82) is 0 Å². The number of ether oxygens (including phenoxy) is 2. The van der Waals surface area contributed by atoms with Crippen LogP contribution in [0.5, 0.6) is 5.75 Å². The third-order valence-electron chi connectivity index (χ3n) is 5.29. The Balaban J connectivity index is 1.77. The average Bonchev–Trinajstić information content (AvgIpc) is 2.98. The molecule has 0 aromatic heterocycles. The molecule has 1 N–H and O–H groups in total. The summed E-state index contributed by atoms with van der Waals surface area (Å²) in [4.78, 5) is 10.9. The zero-order chi connectivity index (χ0) is 21.0. The Morgan fingerprint density at radius 3 is 2.79 bits per heavy atom. The molecule has 1 heterocycles. The molecule has 0 spiro atoms. The van der Waals surface area contributed by atoms with E-state index in [9.17, 15) is 4.79 Å². The lowest BCUT2D eigenvalue weighted by molar-refractivity contribution is -0.136. The van der Waals surface area contributed by atoms with E-state index in [1.54, 1.807) is 0 Å². The first-order valence-corrected chi connectivity index (χ1v) is 10.5. The van der Waals surface area contributed by atoms with Crippen LogP contribution in [-0.4, -0.2) is 16.7 Å². The van der Waals surface area contributed by atoms with Gasteiger partial charge in [0.15, 0.2) is 0 Å². The van der Waals surface area contributed by atoms with E-state index in [1.165, 1.54) is 0 Å². The van der Waals surface area contributed by atoms with Crippen molar-refractivity contribution in [2.24, 2.45) is 0 Å². The predicted octanol–water partition coefficient (Wildman–Crippen LogP) is 6.38. The molecular weight excluding hydrogens is 388 g/mol. The minimum atomic E-state index is -0.770. The van der Waals surface area contributed by atoms with E-state index in [4.69, 9.17) is 26.2 Å². The number of allylic oxidation sites excluding steroid dienone is 4. The van der Waals surface area contributed by atoms with E-state index in [0.29, 0.717) is 18.1 Å². The van der Waals surface area contributed by atoms with Gasteiger partial charge in [0.1, 0.15) is 23.7 Å². The Labute approximate surface area is 177 Å². The van der Waals surface area contributed by atoms with Gasteiger partial charge in [-0.2, -0.15) is 0 Å². The number of carboxylic acids is 1. The summed E-state index contributed by atoms with van der Waals surface area (Å²) < 4.78 is 12.3. The van der Waals surface area contributed by atoms with Gasteiger partial charge < -0.3 is 14.6 Å². The minimum absolute atomic E-state index is 0.151. The number of benzene rings is 1. The molecule has 0 radical (unpaired) electrons. The summed E-state index contributed by atoms with van der Waals surface area (Å²) in [5.74, 6) is 0.838. The lowest BCUT2D eigenvalue weighted by atomic mass is 10.0. The number of carboxylic acid groups (broad SMARTS) is 1. The molecule has 0 saturated carbocycles. The average molecular weight is 417 g/mol. The van der Waals surface area contributed by atoms with E-state index >= 15 is 0 Å². The second-order valence-corrected chi connectivity index (χ2v) is 8.88. The topological polar surface area (TPSA) is 55.8 Å². The first kappa shape index (κ1) is 21.5. The molecule has 1 aliphatic carbocycles. The van der Waals surface area contributed by atoms with Gasteiger partial charge in [0, 0.05) is 23.4 Å². The molecule has 1 aromatic rings. The molecular formula is C24H29ClO4. The molecule has 0 bridgehead atoms. The van der Waals surface area contributed by atoms with Gasteiger partial charge in [-0.05, 0) is 75.3 Å². The minimum Gasteiger partial charge on any atom is -0.489 e. The number of aliphatic carboxylic acids is 1. The molecule has 0 atom stereocenters. The van der Waals surface area contributed by atoms with Gasteiger partial charge in [-0.3, -0.25) is 4.79 Å². The van der Waals surface area contributed by atoms with Crippen LogP contribution in [0.2, 0.25) is 5.02 Å². The molecule has 2 aliphatic rings. The van der Waals surface area contributed by atoms with E-state index in [0.717, 1.165) is 65.9 Å². The van der Waals surface area contributed by atoms with Gasteiger partial charge in [0.2, 0.25) is 0 Å². The fourth-order valence-electron chi connectivity index (χ4n) is 3.84. The maximum Gasteiger partial charge on any atom is 0.303 e. The van der Waals surface area contributed by atoms with Crippen molar-refractivity contribution in [2.45, 2.75) is 71.0 Å². The van der Waals surface area contributed by atoms with Gasteiger partial charge in [-0.1, -0.05) is 29.8 Å². The largest absolute Gasteiger partial charge is 0.489 e. The van der Waals surface area contributed by atoms with Crippen molar-refractivity contribution in [3.05, 3.63) is 63.9 Å². The highest BCUT2D eigenvalue weighted by Crippen LogP contribution is 2.40. The van der Waals surface area contributed by atoms with E-state index in [-0.39, 0.29) is 12.0 Å². The summed E-state index contributed by atoms with van der Waals surface area (Å²) in [6.07, 6.45) is 9.27. The number of hydrogen-bond acceptors (Lipinski definition) is 3. The second kappa shape index (κ2) is 9.08. The first-order chi connectivity index (χ1) is 13.7. The third kappa shape index (κ3) is 5.89. The standard InChI is InChI=1S/C24H29ClO4/c1-16-6-4-5-7-17(9-11-22(26)27)8-10-21(16)28-15-19-13-20(25)12-18-14-24(2,3)29-23(18)19/h8,10,12-13H,1,4-7,9,11,14-15H2,2-3H3,(H,26,27)/b17-8+,21-10?. The predicted molar refractivity (Wildman–Crippen MR) is 115 cm³/mol. The van der Waals surface area contributed by atoms with Crippen LogP contribution in [0.4, 0.5) is 0 Å². The summed E-state index contributed by atoms with van der Waals surface area (Å²) in [6, 6.07) is 3.86. The Morgan fingerprint density at radius 1 is 1.28 bits per heavy atom. The normalized spacial score (nSPS) is 20.3. The van der Waals surface area contributed by atoms with Gasteiger partial charge >= 0.3 is 5.97 Å². The molecule has 156 valence electrons. The van der Waals surface area contributed by atoms with E-state index in [1.807, 2.05) is 24.3 Å². The van der Waals surface area contributed by atoms with Crippen LogP contribution in [0.1, 0.15) is 63.5 Å². The highest BCUT2D eigenvalue weighted by molar-refractivity contribution is 6.30. The summed E-state index contributed by atoms with van der Waals surface area (Å²) >= 11 is 6.32. The summed E-state index contributed by atoms with van der Waals surface area (Å²) in [7, 11) is 0. The SMILES string of the molecule is C=C1CCCC/C(CCC(=O)O)=C\C=C1OCc1cc(Cl)cc2c1OC(C)(C)C2. The first-order valence-electron chi connectivity index (χ1n) is 10.2. The van der Waals surface area contributed by atoms with Crippen molar-refractivity contribution in [1.82, 2.24) is 0 Å². The molecule has 0 fully saturated rings. The molecule has 5 heteroatoms. The van der Waals surface area contributed by atoms with Gasteiger partial charge in [-0.15, -0.1) is 0 Å². The maximum absolute atomic E-state index is 10.9. The molecule has 0 unspecified atom stereocenters. The van der Waals surface area contributed by atoms with Crippen molar-refractivity contribution < 1.29 is 19.4 Å². The number of fused-ring (bicyclic) bond motifs is 1. The zero-order valence-electron chi connectivity index (χ0n) is 17.2. The van der Waals surface area contributed by atoms with Crippen LogP contribution >= 0.6 is 11.6 Å². The molecule has 3 rings (SSSR count). The number of carbonyl (C=O) groups is 1. The van der Waals surface area contributed by atoms with Crippen molar-refractivity contribution in [2.75, 3.05) is 0 Å². The van der Waals surface area contributed by atoms with Crippen molar-refractivity contribution in [3.8, 4) is 5.75 Å². The van der Waals surface area contributed by atoms with Crippen LogP contribution in [0, 0.1) is 0 Å². The molecule has 4 nitrogen and oxygen atoms in total. The lowest BCUT2D eigenvalue weighted by Crippen LogP contribution is -2.24. The fraction of sp³-hybridized carbons (Fsp3) is 0.458. The zero-order valence-corrected chi connectivity index (χ0v) is 18.0. The van der Waals surface area contributed by atoms with E-state index in [2.05, 4.69) is 20.4 Å². The number of halogens is 1.